The summed E-state index contributed by atoms with van der Waals surface area (Å²) >= 11 is 0. The van der Waals surface area contributed by atoms with E-state index in [9.17, 15) is 19.8 Å². The van der Waals surface area contributed by atoms with Crippen molar-refractivity contribution in [2.75, 3.05) is 6.61 Å². The topological polar surface area (TPSA) is 83.8 Å². The second-order valence-electron chi connectivity index (χ2n) is 12.9. The summed E-state index contributed by atoms with van der Waals surface area (Å²) in [7, 11) is 0. The zero-order valence-electron chi connectivity index (χ0n) is 22.6. The van der Waals surface area contributed by atoms with Crippen molar-refractivity contribution in [1.82, 2.24) is 0 Å². The minimum absolute atomic E-state index is 0.0441. The molecule has 2 N–H and O–H groups in total. The Morgan fingerprint density at radius 3 is 2.51 bits per heavy atom. The van der Waals surface area contributed by atoms with Crippen LogP contribution in [0.5, 0.6) is 0 Å². The molecule has 196 valence electrons. The molecule has 0 aromatic carbocycles. The number of carbonyl (C=O) groups excluding carboxylic acids is 2. The third-order valence-corrected chi connectivity index (χ3v) is 10.9. The van der Waals surface area contributed by atoms with Gasteiger partial charge in [-0.25, -0.2) is 4.79 Å². The SMILES string of the molecule is C=C(CCC(C)C1CCC2C3C(O)C=C4C(=O)C(O)(C(=O)OCC)CC4(C)C3CCC12C)C(C)C. The van der Waals surface area contributed by atoms with Crippen molar-refractivity contribution in [3.05, 3.63) is 23.8 Å². The summed E-state index contributed by atoms with van der Waals surface area (Å²) in [6, 6.07) is 0. The number of ketones is 1. The molecule has 3 saturated carbocycles. The summed E-state index contributed by atoms with van der Waals surface area (Å²) in [5, 5.41) is 22.6. The summed E-state index contributed by atoms with van der Waals surface area (Å²) in [6.45, 7) is 17.3. The van der Waals surface area contributed by atoms with E-state index in [0.29, 0.717) is 29.2 Å². The van der Waals surface area contributed by atoms with E-state index < -0.39 is 28.9 Å². The number of allylic oxidation sites excluding steroid dienone is 1. The van der Waals surface area contributed by atoms with E-state index in [2.05, 4.69) is 34.3 Å². The van der Waals surface area contributed by atoms with Crippen LogP contribution in [0.15, 0.2) is 23.8 Å². The molecular formula is C30H46O5. The highest BCUT2D eigenvalue weighted by Gasteiger charge is 2.68. The number of rotatable bonds is 7. The Kier molecular flexibility index (Phi) is 6.94. The van der Waals surface area contributed by atoms with Gasteiger partial charge in [0.15, 0.2) is 0 Å². The van der Waals surface area contributed by atoms with Crippen molar-refractivity contribution in [1.29, 1.82) is 0 Å². The predicted molar refractivity (Wildman–Crippen MR) is 136 cm³/mol. The molecule has 0 aliphatic heterocycles. The second kappa shape index (κ2) is 9.13. The maximum Gasteiger partial charge on any atom is 0.346 e. The van der Waals surface area contributed by atoms with Crippen molar-refractivity contribution in [3.8, 4) is 0 Å². The first-order valence-corrected chi connectivity index (χ1v) is 13.8. The predicted octanol–water partition coefficient (Wildman–Crippen LogP) is 5.25. The van der Waals surface area contributed by atoms with E-state index in [0.717, 1.165) is 32.1 Å². The first-order chi connectivity index (χ1) is 16.3. The van der Waals surface area contributed by atoms with Crippen LogP contribution in [0.1, 0.15) is 86.5 Å². The molecule has 0 aromatic rings. The van der Waals surface area contributed by atoms with Crippen LogP contribution in [0.2, 0.25) is 0 Å². The maximum absolute atomic E-state index is 13.3. The molecule has 4 aliphatic rings. The lowest BCUT2D eigenvalue weighted by atomic mass is 9.48. The zero-order chi connectivity index (χ0) is 25.9. The molecule has 5 heteroatoms. The average molecular weight is 487 g/mol. The van der Waals surface area contributed by atoms with Crippen LogP contribution in [0.25, 0.3) is 0 Å². The number of hydrogen-bond donors (Lipinski definition) is 2. The van der Waals surface area contributed by atoms with Gasteiger partial charge in [-0.05, 0) is 92.4 Å². The van der Waals surface area contributed by atoms with Crippen LogP contribution < -0.4 is 0 Å². The Labute approximate surface area is 211 Å². The van der Waals surface area contributed by atoms with E-state index in [1.165, 1.54) is 12.0 Å². The summed E-state index contributed by atoms with van der Waals surface area (Å²) in [5.41, 5.74) is -0.850. The number of aliphatic hydroxyl groups is 2. The van der Waals surface area contributed by atoms with Crippen molar-refractivity contribution >= 4 is 11.8 Å². The van der Waals surface area contributed by atoms with Crippen molar-refractivity contribution < 1.29 is 24.5 Å². The standard InChI is InChI=1S/C30H46O5/c1-8-35-27(33)30(34)16-29(7)22-13-14-28(6)20(19(5)10-9-18(4)17(2)3)11-12-21(28)25(22)24(31)15-23(29)26(30)32/h15,17,19-22,24-25,31,34H,4,8-14,16H2,1-3,5-7H3. The van der Waals surface area contributed by atoms with Crippen LogP contribution in [-0.2, 0) is 14.3 Å². The number of ether oxygens (including phenoxy) is 1. The molecule has 9 unspecified atom stereocenters. The van der Waals surface area contributed by atoms with Gasteiger partial charge >= 0.3 is 5.97 Å². The van der Waals surface area contributed by atoms with E-state index >= 15 is 0 Å². The van der Waals surface area contributed by atoms with Crippen LogP contribution >= 0.6 is 0 Å². The van der Waals surface area contributed by atoms with Crippen LogP contribution in [0.4, 0.5) is 0 Å². The summed E-state index contributed by atoms with van der Waals surface area (Å²) in [6.07, 6.45) is 7.45. The van der Waals surface area contributed by atoms with Gasteiger partial charge in [0.25, 0.3) is 0 Å². The zero-order valence-corrected chi connectivity index (χ0v) is 22.6. The van der Waals surface area contributed by atoms with Gasteiger partial charge in [-0.2, -0.15) is 0 Å². The van der Waals surface area contributed by atoms with Gasteiger partial charge in [-0.3, -0.25) is 4.79 Å². The molecular weight excluding hydrogens is 440 g/mol. The fraction of sp³-hybridized carbons (Fsp3) is 0.800. The largest absolute Gasteiger partial charge is 0.464 e. The Hall–Kier alpha value is -1.46. The first kappa shape index (κ1) is 26.6. The van der Waals surface area contributed by atoms with Gasteiger partial charge in [0, 0.05) is 17.4 Å². The molecule has 35 heavy (non-hydrogen) atoms. The molecule has 0 bridgehead atoms. The maximum atomic E-state index is 13.3. The summed E-state index contributed by atoms with van der Waals surface area (Å²) in [4.78, 5) is 25.9. The Balaban J connectivity index is 1.59. The average Bonchev–Trinajstić information content (AvgIpc) is 3.24. The van der Waals surface area contributed by atoms with Crippen molar-refractivity contribution in [2.45, 2.75) is 98.2 Å². The van der Waals surface area contributed by atoms with Crippen molar-refractivity contribution in [3.63, 3.8) is 0 Å². The lowest BCUT2D eigenvalue weighted by molar-refractivity contribution is -0.169. The van der Waals surface area contributed by atoms with Gasteiger partial charge in [-0.15, -0.1) is 0 Å². The highest BCUT2D eigenvalue weighted by atomic mass is 16.5. The number of aliphatic hydroxyl groups excluding tert-OH is 1. The molecule has 0 amide bonds. The first-order valence-electron chi connectivity index (χ1n) is 13.8. The number of carbonyl (C=O) groups is 2. The summed E-state index contributed by atoms with van der Waals surface area (Å²) in [5.74, 6) is 0.782. The minimum atomic E-state index is -2.14. The van der Waals surface area contributed by atoms with Gasteiger partial charge in [0.05, 0.1) is 12.7 Å². The molecule has 0 radical (unpaired) electrons. The second-order valence-corrected chi connectivity index (χ2v) is 12.9. The Morgan fingerprint density at radius 1 is 1.20 bits per heavy atom. The van der Waals surface area contributed by atoms with E-state index in [1.807, 2.05) is 6.92 Å². The third kappa shape index (κ3) is 3.96. The van der Waals surface area contributed by atoms with E-state index in [-0.39, 0.29) is 30.3 Å². The van der Waals surface area contributed by atoms with Crippen LogP contribution in [-0.4, -0.2) is 40.3 Å². The monoisotopic (exact) mass is 486 g/mol. The fourth-order valence-electron chi connectivity index (χ4n) is 8.78. The van der Waals surface area contributed by atoms with Crippen LogP contribution in [0, 0.1) is 46.3 Å². The highest BCUT2D eigenvalue weighted by Crippen LogP contribution is 2.68. The third-order valence-electron chi connectivity index (χ3n) is 10.9. The number of hydrogen-bond acceptors (Lipinski definition) is 5. The van der Waals surface area contributed by atoms with E-state index in [1.54, 1.807) is 13.0 Å². The van der Waals surface area contributed by atoms with Gasteiger partial charge in [0.2, 0.25) is 11.4 Å². The molecule has 5 nitrogen and oxygen atoms in total. The fourth-order valence-corrected chi connectivity index (χ4v) is 8.78. The number of fused-ring (bicyclic) bond motifs is 5. The van der Waals surface area contributed by atoms with Gasteiger partial charge in [-0.1, -0.05) is 46.8 Å². The molecule has 4 rings (SSSR count). The molecule has 4 aliphatic carbocycles. The molecule has 9 atom stereocenters. The normalized spacial score (nSPS) is 43.3. The van der Waals surface area contributed by atoms with Crippen LogP contribution in [0.3, 0.4) is 0 Å². The van der Waals surface area contributed by atoms with Gasteiger partial charge in [0.1, 0.15) is 0 Å². The van der Waals surface area contributed by atoms with E-state index in [4.69, 9.17) is 4.74 Å². The molecule has 0 heterocycles. The number of esters is 1. The lowest BCUT2D eigenvalue weighted by Gasteiger charge is -2.56. The molecule has 0 saturated heterocycles. The highest BCUT2D eigenvalue weighted by molar-refractivity contribution is 6.18. The smallest absolute Gasteiger partial charge is 0.346 e. The lowest BCUT2D eigenvalue weighted by Crippen LogP contribution is -2.53. The quantitative estimate of drug-likeness (QED) is 0.292. The summed E-state index contributed by atoms with van der Waals surface area (Å²) < 4.78 is 5.09. The molecule has 0 aromatic heterocycles. The molecule has 0 spiro atoms. The van der Waals surface area contributed by atoms with Crippen molar-refractivity contribution in [2.24, 2.45) is 46.3 Å². The Bertz CT molecular complexity index is 920. The Morgan fingerprint density at radius 2 is 1.89 bits per heavy atom. The number of Topliss-reactive ketones (excluding diaryl/α,β-unsaturated/α-hetero) is 1. The minimum Gasteiger partial charge on any atom is -0.464 e. The molecule has 3 fully saturated rings. The van der Waals surface area contributed by atoms with Gasteiger partial charge < -0.3 is 14.9 Å².